The molecule has 2 aliphatic rings. The average Bonchev–Trinajstić information content (AvgIpc) is 3.33. The van der Waals surface area contributed by atoms with Crippen molar-refractivity contribution >= 4 is 39.3 Å². The molecule has 9 heteroatoms. The number of piperazine rings is 1. The number of benzene rings is 1. The Bertz CT molecular complexity index is 966. The lowest BCUT2D eigenvalue weighted by Crippen LogP contribution is -2.50. The fourth-order valence-corrected chi connectivity index (χ4v) is 4.56. The van der Waals surface area contributed by atoms with Gasteiger partial charge < -0.3 is 24.6 Å². The zero-order valence-corrected chi connectivity index (χ0v) is 21.8. The summed E-state index contributed by atoms with van der Waals surface area (Å²) in [7, 11) is 0. The molecule has 1 aromatic heterocycles. The molecule has 34 heavy (non-hydrogen) atoms. The highest BCUT2D eigenvalue weighted by Gasteiger charge is 2.26. The third kappa shape index (κ3) is 6.82. The molecular weight excluding hydrogens is 498 g/mol. The molecule has 0 saturated carbocycles. The van der Waals surface area contributed by atoms with Gasteiger partial charge >= 0.3 is 6.09 Å². The SMILES string of the molecule is CC(C)(C)OC(=O)N1CCN(c2ccc(Nc3ncc(Br)c(CCC4CCCO4)n3)cc2)CC1. The fourth-order valence-electron chi connectivity index (χ4n) is 4.17. The van der Waals surface area contributed by atoms with Gasteiger partial charge in [0.25, 0.3) is 0 Å². The van der Waals surface area contributed by atoms with Crippen LogP contribution in [0.15, 0.2) is 34.9 Å². The Kier molecular flexibility index (Phi) is 7.93. The largest absolute Gasteiger partial charge is 0.444 e. The molecule has 3 heterocycles. The number of halogens is 1. The summed E-state index contributed by atoms with van der Waals surface area (Å²) in [4.78, 5) is 25.5. The second-order valence-corrected chi connectivity index (χ2v) is 10.6. The van der Waals surface area contributed by atoms with E-state index in [4.69, 9.17) is 14.5 Å². The third-order valence-electron chi connectivity index (χ3n) is 5.96. The van der Waals surface area contributed by atoms with Gasteiger partial charge in [0.15, 0.2) is 0 Å². The highest BCUT2D eigenvalue weighted by atomic mass is 79.9. The topological polar surface area (TPSA) is 79.8 Å². The number of carbonyl (C=O) groups excluding carboxylic acids is 1. The molecule has 2 saturated heterocycles. The van der Waals surface area contributed by atoms with Crippen molar-refractivity contribution in [3.8, 4) is 0 Å². The van der Waals surface area contributed by atoms with Crippen LogP contribution < -0.4 is 10.2 Å². The molecule has 0 radical (unpaired) electrons. The van der Waals surface area contributed by atoms with E-state index in [-0.39, 0.29) is 6.09 Å². The smallest absolute Gasteiger partial charge is 0.410 e. The van der Waals surface area contributed by atoms with Crippen LogP contribution in [-0.2, 0) is 15.9 Å². The molecule has 0 spiro atoms. The highest BCUT2D eigenvalue weighted by molar-refractivity contribution is 9.10. The minimum atomic E-state index is -0.471. The number of hydrogen-bond acceptors (Lipinski definition) is 7. The van der Waals surface area contributed by atoms with Gasteiger partial charge in [0.05, 0.1) is 16.3 Å². The normalized spacial score (nSPS) is 18.8. The summed E-state index contributed by atoms with van der Waals surface area (Å²) in [5.41, 5.74) is 2.58. The molecule has 2 aliphatic heterocycles. The fraction of sp³-hybridized carbons (Fsp3) is 0.560. The number of amides is 1. The van der Waals surface area contributed by atoms with Gasteiger partial charge in [0.2, 0.25) is 5.95 Å². The summed E-state index contributed by atoms with van der Waals surface area (Å²) in [6.45, 7) is 9.39. The zero-order valence-electron chi connectivity index (χ0n) is 20.2. The Hall–Kier alpha value is -2.39. The first-order chi connectivity index (χ1) is 16.3. The Morgan fingerprint density at radius 3 is 2.59 bits per heavy atom. The summed E-state index contributed by atoms with van der Waals surface area (Å²) in [5, 5.41) is 3.31. The van der Waals surface area contributed by atoms with Crippen LogP contribution in [0, 0.1) is 0 Å². The van der Waals surface area contributed by atoms with Crippen LogP contribution in [0.25, 0.3) is 0 Å². The Labute approximate surface area is 210 Å². The predicted molar refractivity (Wildman–Crippen MR) is 137 cm³/mol. The van der Waals surface area contributed by atoms with Crippen molar-refractivity contribution in [2.24, 2.45) is 0 Å². The van der Waals surface area contributed by atoms with Gasteiger partial charge in [-0.1, -0.05) is 0 Å². The lowest BCUT2D eigenvalue weighted by Gasteiger charge is -2.36. The van der Waals surface area contributed by atoms with Gasteiger partial charge in [-0.2, -0.15) is 0 Å². The van der Waals surface area contributed by atoms with Crippen molar-refractivity contribution in [3.63, 3.8) is 0 Å². The maximum Gasteiger partial charge on any atom is 0.410 e. The monoisotopic (exact) mass is 531 g/mol. The molecule has 1 N–H and O–H groups in total. The molecule has 4 rings (SSSR count). The van der Waals surface area contributed by atoms with Crippen LogP contribution in [-0.4, -0.2) is 65.5 Å². The molecule has 1 unspecified atom stereocenters. The van der Waals surface area contributed by atoms with Gasteiger partial charge in [-0.15, -0.1) is 0 Å². The van der Waals surface area contributed by atoms with Gasteiger partial charge in [-0.05, 0) is 86.6 Å². The molecule has 2 fully saturated rings. The summed E-state index contributed by atoms with van der Waals surface area (Å²) >= 11 is 3.57. The molecule has 2 aromatic rings. The first kappa shape index (κ1) is 24.7. The van der Waals surface area contributed by atoms with E-state index in [9.17, 15) is 4.79 Å². The number of aryl methyl sites for hydroxylation is 1. The molecule has 1 atom stereocenters. The van der Waals surface area contributed by atoms with Crippen LogP contribution in [0.5, 0.6) is 0 Å². The minimum Gasteiger partial charge on any atom is -0.444 e. The van der Waals surface area contributed by atoms with E-state index in [0.29, 0.717) is 25.1 Å². The van der Waals surface area contributed by atoms with Gasteiger partial charge in [0.1, 0.15) is 5.60 Å². The quantitative estimate of drug-likeness (QED) is 0.551. The van der Waals surface area contributed by atoms with Gasteiger partial charge in [-0.25, -0.2) is 14.8 Å². The zero-order chi connectivity index (χ0) is 24.1. The van der Waals surface area contributed by atoms with E-state index in [1.54, 1.807) is 11.1 Å². The number of hydrogen-bond donors (Lipinski definition) is 1. The second-order valence-electron chi connectivity index (χ2n) is 9.79. The lowest BCUT2D eigenvalue weighted by molar-refractivity contribution is 0.0240. The van der Waals surface area contributed by atoms with Crippen LogP contribution in [0.2, 0.25) is 0 Å². The molecular formula is C25H34BrN5O3. The van der Waals surface area contributed by atoms with Crippen molar-refractivity contribution in [1.29, 1.82) is 0 Å². The molecule has 0 bridgehead atoms. The number of aromatic nitrogens is 2. The molecule has 1 aromatic carbocycles. The summed E-state index contributed by atoms with van der Waals surface area (Å²) in [6, 6.07) is 8.24. The van der Waals surface area contributed by atoms with E-state index in [1.165, 1.54) is 0 Å². The highest BCUT2D eigenvalue weighted by Crippen LogP contribution is 2.24. The number of nitrogens with one attached hydrogen (secondary N) is 1. The van der Waals surface area contributed by atoms with Crippen LogP contribution in [0.3, 0.4) is 0 Å². The van der Waals surface area contributed by atoms with E-state index < -0.39 is 5.60 Å². The maximum absolute atomic E-state index is 12.3. The lowest BCUT2D eigenvalue weighted by atomic mass is 10.1. The van der Waals surface area contributed by atoms with Crippen molar-refractivity contribution in [2.75, 3.05) is 43.0 Å². The second kappa shape index (κ2) is 10.9. The summed E-state index contributed by atoms with van der Waals surface area (Å²) < 4.78 is 12.1. The number of rotatable bonds is 6. The van der Waals surface area contributed by atoms with Gasteiger partial charge in [0, 0.05) is 50.4 Å². The Morgan fingerprint density at radius 2 is 1.94 bits per heavy atom. The van der Waals surface area contributed by atoms with E-state index >= 15 is 0 Å². The van der Waals surface area contributed by atoms with Crippen molar-refractivity contribution in [3.05, 3.63) is 40.6 Å². The van der Waals surface area contributed by atoms with Crippen LogP contribution in [0.1, 0.15) is 45.7 Å². The van der Waals surface area contributed by atoms with E-state index in [2.05, 4.69) is 43.3 Å². The molecule has 184 valence electrons. The first-order valence-electron chi connectivity index (χ1n) is 12.0. The van der Waals surface area contributed by atoms with Crippen molar-refractivity contribution < 1.29 is 14.3 Å². The van der Waals surface area contributed by atoms with Crippen LogP contribution in [0.4, 0.5) is 22.1 Å². The van der Waals surface area contributed by atoms with Gasteiger partial charge in [-0.3, -0.25) is 0 Å². The Morgan fingerprint density at radius 1 is 1.21 bits per heavy atom. The summed E-state index contributed by atoms with van der Waals surface area (Å²) in [6.07, 6.45) is 6.03. The van der Waals surface area contributed by atoms with E-state index in [0.717, 1.165) is 66.9 Å². The van der Waals surface area contributed by atoms with Crippen molar-refractivity contribution in [2.45, 2.75) is 58.2 Å². The standard InChI is InChI=1S/C25H34BrN5O3/c1-25(2,3)34-24(32)31-14-12-30(13-15-31)19-8-6-18(7-9-19)28-23-27-17-21(26)22(29-23)11-10-20-5-4-16-33-20/h6-9,17,20H,4-5,10-16H2,1-3H3,(H,27,28,29). The Balaban J connectivity index is 1.30. The average molecular weight is 532 g/mol. The minimum absolute atomic E-state index is 0.240. The summed E-state index contributed by atoms with van der Waals surface area (Å²) in [5.74, 6) is 0.587. The molecule has 1 amide bonds. The number of nitrogens with zero attached hydrogens (tertiary/aromatic N) is 4. The van der Waals surface area contributed by atoms with Crippen LogP contribution >= 0.6 is 15.9 Å². The number of carbonyl (C=O) groups is 1. The van der Waals surface area contributed by atoms with Crippen molar-refractivity contribution in [1.82, 2.24) is 14.9 Å². The maximum atomic E-state index is 12.3. The number of anilines is 3. The molecule has 0 aliphatic carbocycles. The van der Waals surface area contributed by atoms with E-state index in [1.807, 2.05) is 32.9 Å². The predicted octanol–water partition coefficient (Wildman–Crippen LogP) is 5.15. The third-order valence-corrected chi connectivity index (χ3v) is 6.63. The first-order valence-corrected chi connectivity index (χ1v) is 12.8. The number of ether oxygens (including phenoxy) is 2. The molecule has 8 nitrogen and oxygen atoms in total.